The summed E-state index contributed by atoms with van der Waals surface area (Å²) in [5.41, 5.74) is 0.481. The van der Waals surface area contributed by atoms with Crippen LogP contribution in [0.25, 0.3) is 0 Å². The Balaban J connectivity index is 0.000000796. The highest BCUT2D eigenvalue weighted by Crippen LogP contribution is 2.54. The summed E-state index contributed by atoms with van der Waals surface area (Å²) in [5.74, 6) is -0.137. The van der Waals surface area contributed by atoms with Crippen LogP contribution in [0.3, 0.4) is 0 Å². The zero-order valence-electron chi connectivity index (χ0n) is 13.8. The van der Waals surface area contributed by atoms with Gasteiger partial charge in [-0.1, -0.05) is 39.8 Å². The lowest BCUT2D eigenvalue weighted by Crippen LogP contribution is -2.42. The summed E-state index contributed by atoms with van der Waals surface area (Å²) < 4.78 is 27.0. The van der Waals surface area contributed by atoms with Crippen molar-refractivity contribution in [3.8, 4) is 12.3 Å². The predicted molar refractivity (Wildman–Crippen MR) is 83.9 cm³/mol. The Morgan fingerprint density at radius 3 is 1.85 bits per heavy atom. The highest BCUT2D eigenvalue weighted by atomic mass is 19.3. The van der Waals surface area contributed by atoms with Gasteiger partial charge in [0.25, 0.3) is 5.92 Å². The highest BCUT2D eigenvalue weighted by molar-refractivity contribution is 5.11. The summed E-state index contributed by atoms with van der Waals surface area (Å²) in [6.45, 7) is 13.1. The minimum atomic E-state index is -2.57. The fraction of sp³-hybridized carbons (Fsp3) is 0.778. The summed E-state index contributed by atoms with van der Waals surface area (Å²) in [5, 5.41) is 0. The van der Waals surface area contributed by atoms with Crippen molar-refractivity contribution in [1.82, 2.24) is 0 Å². The van der Waals surface area contributed by atoms with Gasteiger partial charge in [-0.15, -0.1) is 12.3 Å². The molecule has 0 heterocycles. The molecule has 20 heavy (non-hydrogen) atoms. The van der Waals surface area contributed by atoms with Gasteiger partial charge < -0.3 is 0 Å². The summed E-state index contributed by atoms with van der Waals surface area (Å²) in [4.78, 5) is 0. The quantitative estimate of drug-likeness (QED) is 0.426. The fourth-order valence-corrected chi connectivity index (χ4v) is 2.57. The molecule has 1 fully saturated rings. The molecule has 0 amide bonds. The van der Waals surface area contributed by atoms with Crippen LogP contribution >= 0.6 is 0 Å². The van der Waals surface area contributed by atoms with Crippen molar-refractivity contribution >= 4 is 0 Å². The van der Waals surface area contributed by atoms with Gasteiger partial charge in [-0.05, 0) is 44.4 Å². The molecule has 0 aromatic rings. The lowest BCUT2D eigenvalue weighted by molar-refractivity contribution is -0.124. The van der Waals surface area contributed by atoms with Crippen LogP contribution in [0.2, 0.25) is 0 Å². The molecule has 0 unspecified atom stereocenters. The first-order chi connectivity index (χ1) is 9.06. The molecule has 1 saturated carbocycles. The maximum absolute atomic E-state index is 13.5. The maximum Gasteiger partial charge on any atom is 0.250 e. The van der Waals surface area contributed by atoms with E-state index in [-0.39, 0.29) is 5.41 Å². The molecule has 1 aliphatic rings. The third-order valence-corrected chi connectivity index (χ3v) is 5.00. The van der Waals surface area contributed by atoms with E-state index in [1.165, 1.54) is 5.57 Å². The molecular formula is C18H30F2. The van der Waals surface area contributed by atoms with Crippen LogP contribution in [0.15, 0.2) is 12.2 Å². The zero-order chi connectivity index (χ0) is 16.0. The number of hydrogen-bond donors (Lipinski definition) is 0. The van der Waals surface area contributed by atoms with Crippen LogP contribution in [-0.4, -0.2) is 5.92 Å². The van der Waals surface area contributed by atoms with E-state index >= 15 is 0 Å². The Kier molecular flexibility index (Phi) is 6.94. The SMILES string of the molecule is C#CCC.C=C(CC)C1(C)CCC(C)(C(C)(F)F)CC1. The summed E-state index contributed by atoms with van der Waals surface area (Å²) in [6, 6.07) is 0. The van der Waals surface area contributed by atoms with E-state index in [1.807, 2.05) is 6.92 Å². The standard InChI is InChI=1S/C14H24F2.C4H6/c1-6-11(2)12(3)7-9-13(4,10-8-12)14(5,15)16;1-3-4-2/h2,6-10H2,1,3-5H3;1H,4H2,2H3. The van der Waals surface area contributed by atoms with Crippen molar-refractivity contribution in [3.05, 3.63) is 12.2 Å². The monoisotopic (exact) mass is 284 g/mol. The third kappa shape index (κ3) is 4.62. The number of terminal acetylenes is 1. The molecule has 0 aliphatic heterocycles. The van der Waals surface area contributed by atoms with Crippen LogP contribution < -0.4 is 0 Å². The fourth-order valence-electron chi connectivity index (χ4n) is 2.57. The molecule has 116 valence electrons. The van der Waals surface area contributed by atoms with Crippen molar-refractivity contribution in [2.45, 2.75) is 79.1 Å². The van der Waals surface area contributed by atoms with Crippen molar-refractivity contribution in [1.29, 1.82) is 0 Å². The van der Waals surface area contributed by atoms with Gasteiger partial charge in [0, 0.05) is 11.8 Å². The predicted octanol–water partition coefficient (Wildman–Crippen LogP) is 6.22. The maximum atomic E-state index is 13.5. The first-order valence-electron chi connectivity index (χ1n) is 7.56. The molecule has 0 spiro atoms. The number of alkyl halides is 2. The Morgan fingerprint density at radius 2 is 1.60 bits per heavy atom. The van der Waals surface area contributed by atoms with Gasteiger partial charge in [-0.25, -0.2) is 8.78 Å². The third-order valence-electron chi connectivity index (χ3n) is 5.00. The molecule has 0 nitrogen and oxygen atoms in total. The molecule has 0 bridgehead atoms. The van der Waals surface area contributed by atoms with Gasteiger partial charge in [-0.3, -0.25) is 0 Å². The van der Waals surface area contributed by atoms with E-state index in [0.717, 1.165) is 32.6 Å². The van der Waals surface area contributed by atoms with Gasteiger partial charge in [0.2, 0.25) is 0 Å². The molecule has 0 aromatic carbocycles. The van der Waals surface area contributed by atoms with Crippen molar-refractivity contribution in [2.24, 2.45) is 10.8 Å². The average molecular weight is 284 g/mol. The second-order valence-electron chi connectivity index (χ2n) is 6.52. The molecule has 0 atom stereocenters. The van der Waals surface area contributed by atoms with Gasteiger partial charge in [0.1, 0.15) is 0 Å². The van der Waals surface area contributed by atoms with Crippen molar-refractivity contribution < 1.29 is 8.78 Å². The molecule has 0 N–H and O–H groups in total. The van der Waals surface area contributed by atoms with Gasteiger partial charge in [0.15, 0.2) is 0 Å². The van der Waals surface area contributed by atoms with E-state index in [4.69, 9.17) is 6.42 Å². The van der Waals surface area contributed by atoms with Crippen LogP contribution in [0, 0.1) is 23.2 Å². The first kappa shape index (κ1) is 19.2. The highest BCUT2D eigenvalue weighted by Gasteiger charge is 2.50. The largest absolute Gasteiger partial charge is 0.250 e. The lowest BCUT2D eigenvalue weighted by atomic mass is 9.60. The van der Waals surface area contributed by atoms with E-state index in [0.29, 0.717) is 12.8 Å². The van der Waals surface area contributed by atoms with Crippen LogP contribution in [-0.2, 0) is 0 Å². The smallest absolute Gasteiger partial charge is 0.207 e. The van der Waals surface area contributed by atoms with E-state index in [2.05, 4.69) is 26.3 Å². The number of hydrogen-bond acceptors (Lipinski definition) is 0. The number of halogens is 2. The topological polar surface area (TPSA) is 0 Å². The van der Waals surface area contributed by atoms with E-state index < -0.39 is 11.3 Å². The zero-order valence-corrected chi connectivity index (χ0v) is 13.8. The molecule has 0 saturated heterocycles. The second kappa shape index (κ2) is 7.25. The van der Waals surface area contributed by atoms with Gasteiger partial charge in [-0.2, -0.15) is 0 Å². The number of allylic oxidation sites excluding steroid dienone is 1. The first-order valence-corrected chi connectivity index (χ1v) is 7.56. The molecule has 0 radical (unpaired) electrons. The van der Waals surface area contributed by atoms with Crippen LogP contribution in [0.4, 0.5) is 8.78 Å². The minimum absolute atomic E-state index is 0.0828. The minimum Gasteiger partial charge on any atom is -0.207 e. The molecule has 1 rings (SSSR count). The summed E-state index contributed by atoms with van der Waals surface area (Å²) in [6.07, 6.45) is 9.48. The average Bonchev–Trinajstić information content (AvgIpc) is 2.40. The molecular weight excluding hydrogens is 254 g/mol. The van der Waals surface area contributed by atoms with Crippen molar-refractivity contribution in [3.63, 3.8) is 0 Å². The Hall–Kier alpha value is -0.840. The summed E-state index contributed by atoms with van der Waals surface area (Å²) in [7, 11) is 0. The van der Waals surface area contributed by atoms with Crippen LogP contribution in [0.1, 0.15) is 73.1 Å². The van der Waals surface area contributed by atoms with Crippen molar-refractivity contribution in [2.75, 3.05) is 0 Å². The summed E-state index contributed by atoms with van der Waals surface area (Å²) >= 11 is 0. The Morgan fingerprint density at radius 1 is 1.20 bits per heavy atom. The van der Waals surface area contributed by atoms with E-state index in [1.54, 1.807) is 6.92 Å². The molecule has 2 heteroatoms. The van der Waals surface area contributed by atoms with Gasteiger partial charge >= 0.3 is 0 Å². The number of rotatable bonds is 3. The molecule has 1 aliphatic carbocycles. The Labute approximate surface area is 124 Å². The lowest BCUT2D eigenvalue weighted by Gasteiger charge is -2.46. The normalized spacial score (nSPS) is 29.9. The van der Waals surface area contributed by atoms with Gasteiger partial charge in [0.05, 0.1) is 0 Å². The van der Waals surface area contributed by atoms with Crippen LogP contribution in [0.5, 0.6) is 0 Å². The molecule has 0 aromatic heterocycles. The Bertz CT molecular complexity index is 347. The second-order valence-corrected chi connectivity index (χ2v) is 6.52. The van der Waals surface area contributed by atoms with E-state index in [9.17, 15) is 8.78 Å².